The zero-order chi connectivity index (χ0) is 12.7. The molecule has 102 valence electrons. The third kappa shape index (κ3) is 5.06. The second kappa shape index (κ2) is 7.98. The third-order valence-corrected chi connectivity index (χ3v) is 5.67. The number of hydrogen-bond acceptors (Lipinski definition) is 1. The fraction of sp³-hybridized carbons (Fsp3) is 1.00. The predicted octanol–water partition coefficient (Wildman–Crippen LogP) is 5.21. The Bertz CT molecular complexity index is 195. The Hall–Kier alpha value is 0.690. The molecule has 0 heterocycles. The maximum Gasteiger partial charge on any atom is 0.0771 e. The minimum absolute atomic E-state index is 0.222. The maximum atomic E-state index is 6.24. The lowest BCUT2D eigenvalue weighted by Crippen LogP contribution is -2.40. The van der Waals surface area contributed by atoms with Gasteiger partial charge in [0.25, 0.3) is 0 Å². The van der Waals surface area contributed by atoms with Crippen molar-refractivity contribution in [2.45, 2.75) is 71.3 Å². The van der Waals surface area contributed by atoms with Crippen molar-refractivity contribution in [2.24, 2.45) is 11.8 Å². The largest absolute Gasteiger partial charge is 0.374 e. The van der Waals surface area contributed by atoms with E-state index in [0.29, 0.717) is 0 Å². The molecule has 1 rings (SSSR count). The molecule has 0 radical (unpaired) electrons. The molecule has 0 saturated heterocycles. The Morgan fingerprint density at radius 1 is 1.24 bits per heavy atom. The van der Waals surface area contributed by atoms with E-state index >= 15 is 0 Å². The number of unbranched alkanes of at least 4 members (excludes halogenated alkanes) is 2. The zero-order valence-electron chi connectivity index (χ0n) is 11.8. The van der Waals surface area contributed by atoms with Gasteiger partial charge in [-0.25, -0.2) is 0 Å². The van der Waals surface area contributed by atoms with Gasteiger partial charge in [0, 0.05) is 11.0 Å². The normalized spacial score (nSPS) is 29.8. The zero-order valence-corrected chi connectivity index (χ0v) is 14.0. The van der Waals surface area contributed by atoms with E-state index in [1.807, 2.05) is 0 Å². The van der Waals surface area contributed by atoms with Gasteiger partial charge < -0.3 is 4.74 Å². The van der Waals surface area contributed by atoms with E-state index in [2.05, 4.69) is 43.4 Å². The van der Waals surface area contributed by atoms with Crippen LogP contribution in [0.4, 0.5) is 0 Å². The van der Waals surface area contributed by atoms with E-state index in [0.717, 1.165) is 18.4 Å². The van der Waals surface area contributed by atoms with Crippen LogP contribution in [0.5, 0.6) is 0 Å². The van der Waals surface area contributed by atoms with E-state index in [-0.39, 0.29) is 5.60 Å². The summed E-state index contributed by atoms with van der Waals surface area (Å²) in [7, 11) is 0. The molecule has 1 saturated carbocycles. The molecule has 2 heteroatoms. The first-order valence-electron chi connectivity index (χ1n) is 7.33. The molecule has 0 unspecified atom stereocenters. The molecule has 0 N–H and O–H groups in total. The van der Waals surface area contributed by atoms with Gasteiger partial charge in [-0.2, -0.15) is 0 Å². The first-order chi connectivity index (χ1) is 8.13. The Morgan fingerprint density at radius 3 is 2.35 bits per heavy atom. The average molecular weight is 352 g/mol. The van der Waals surface area contributed by atoms with Gasteiger partial charge in [0.2, 0.25) is 0 Å². The van der Waals surface area contributed by atoms with Crippen LogP contribution in [0.1, 0.15) is 65.7 Å². The fourth-order valence-corrected chi connectivity index (χ4v) is 3.77. The lowest BCUT2D eigenvalue weighted by Gasteiger charge is -2.40. The van der Waals surface area contributed by atoms with E-state index < -0.39 is 0 Å². The molecular formula is C15H29IO. The minimum Gasteiger partial charge on any atom is -0.374 e. The lowest BCUT2D eigenvalue weighted by molar-refractivity contribution is -0.0632. The number of ether oxygens (including phenoxy) is 1. The van der Waals surface area contributed by atoms with Gasteiger partial charge in [0.1, 0.15) is 0 Å². The number of halogens is 1. The molecule has 0 atom stereocenters. The first kappa shape index (κ1) is 15.7. The highest BCUT2D eigenvalue weighted by Crippen LogP contribution is 2.39. The van der Waals surface area contributed by atoms with Crippen molar-refractivity contribution in [3.8, 4) is 0 Å². The van der Waals surface area contributed by atoms with E-state index in [9.17, 15) is 0 Å². The van der Waals surface area contributed by atoms with E-state index in [1.54, 1.807) is 0 Å². The summed E-state index contributed by atoms with van der Waals surface area (Å²) in [4.78, 5) is 0. The molecule has 0 aromatic heterocycles. The molecule has 1 fully saturated rings. The van der Waals surface area contributed by atoms with Crippen molar-refractivity contribution >= 4 is 22.6 Å². The molecule has 0 aromatic carbocycles. The summed E-state index contributed by atoms with van der Waals surface area (Å²) in [5.74, 6) is 1.78. The summed E-state index contributed by atoms with van der Waals surface area (Å²) in [6.45, 7) is 7.96. The van der Waals surface area contributed by atoms with Gasteiger partial charge in [-0.15, -0.1) is 0 Å². The van der Waals surface area contributed by atoms with E-state index in [1.165, 1.54) is 49.4 Å². The lowest BCUT2D eigenvalue weighted by atomic mass is 9.75. The second-order valence-electron chi connectivity index (χ2n) is 5.95. The molecule has 0 spiro atoms. The third-order valence-electron chi connectivity index (χ3n) is 4.28. The minimum atomic E-state index is 0.222. The smallest absolute Gasteiger partial charge is 0.0771 e. The first-order valence-corrected chi connectivity index (χ1v) is 8.86. The van der Waals surface area contributed by atoms with Crippen LogP contribution in [0.3, 0.4) is 0 Å². The maximum absolute atomic E-state index is 6.24. The molecule has 17 heavy (non-hydrogen) atoms. The van der Waals surface area contributed by atoms with Gasteiger partial charge >= 0.3 is 0 Å². The number of rotatable bonds is 7. The second-order valence-corrected chi connectivity index (χ2v) is 6.72. The number of hydrogen-bond donors (Lipinski definition) is 0. The Balaban J connectivity index is 2.33. The van der Waals surface area contributed by atoms with Crippen LogP contribution in [-0.4, -0.2) is 16.6 Å². The Labute approximate surface area is 121 Å². The van der Waals surface area contributed by atoms with Crippen LogP contribution in [0, 0.1) is 11.8 Å². The summed E-state index contributed by atoms with van der Waals surface area (Å²) in [5.41, 5.74) is 0.222. The molecule has 0 aliphatic heterocycles. The average Bonchev–Trinajstić information content (AvgIpc) is 2.35. The number of alkyl halides is 1. The highest BCUT2D eigenvalue weighted by molar-refractivity contribution is 14.1. The molecule has 1 aliphatic rings. The molecule has 0 aromatic rings. The SMILES string of the molecule is CCCCCOC1(CI)CCC(C(C)C)CC1. The highest BCUT2D eigenvalue weighted by Gasteiger charge is 2.35. The van der Waals surface area contributed by atoms with Gasteiger partial charge in [-0.05, 0) is 43.9 Å². The van der Waals surface area contributed by atoms with Crippen molar-refractivity contribution in [3.63, 3.8) is 0 Å². The quantitative estimate of drug-likeness (QED) is 0.347. The van der Waals surface area contributed by atoms with Crippen LogP contribution >= 0.6 is 22.6 Å². The topological polar surface area (TPSA) is 9.23 Å². The molecule has 1 nitrogen and oxygen atoms in total. The fourth-order valence-electron chi connectivity index (χ4n) is 2.79. The summed E-state index contributed by atoms with van der Waals surface area (Å²) >= 11 is 2.52. The summed E-state index contributed by atoms with van der Waals surface area (Å²) in [5, 5.41) is 0. The summed E-state index contributed by atoms with van der Waals surface area (Å²) in [6, 6.07) is 0. The van der Waals surface area contributed by atoms with Crippen LogP contribution in [0.2, 0.25) is 0 Å². The summed E-state index contributed by atoms with van der Waals surface area (Å²) < 4.78 is 7.41. The monoisotopic (exact) mass is 352 g/mol. The Kier molecular flexibility index (Phi) is 7.39. The van der Waals surface area contributed by atoms with Crippen molar-refractivity contribution in [2.75, 3.05) is 11.0 Å². The van der Waals surface area contributed by atoms with Crippen molar-refractivity contribution in [3.05, 3.63) is 0 Å². The standard InChI is InChI=1S/C15H29IO/c1-4-5-6-11-17-15(12-16)9-7-14(8-10-15)13(2)3/h13-14H,4-12H2,1-3H3. The van der Waals surface area contributed by atoms with Gasteiger partial charge in [0.15, 0.2) is 0 Å². The van der Waals surface area contributed by atoms with E-state index in [4.69, 9.17) is 4.74 Å². The molecule has 0 bridgehead atoms. The highest BCUT2D eigenvalue weighted by atomic mass is 127. The van der Waals surface area contributed by atoms with Crippen LogP contribution in [0.15, 0.2) is 0 Å². The molecular weight excluding hydrogens is 323 g/mol. The van der Waals surface area contributed by atoms with Crippen LogP contribution in [0.25, 0.3) is 0 Å². The van der Waals surface area contributed by atoms with Crippen LogP contribution < -0.4 is 0 Å². The Morgan fingerprint density at radius 2 is 1.88 bits per heavy atom. The summed E-state index contributed by atoms with van der Waals surface area (Å²) in [6.07, 6.45) is 9.14. The van der Waals surface area contributed by atoms with Crippen molar-refractivity contribution < 1.29 is 4.74 Å². The van der Waals surface area contributed by atoms with Gasteiger partial charge in [-0.1, -0.05) is 56.2 Å². The molecule has 1 aliphatic carbocycles. The van der Waals surface area contributed by atoms with Crippen molar-refractivity contribution in [1.82, 2.24) is 0 Å². The van der Waals surface area contributed by atoms with Gasteiger partial charge in [0.05, 0.1) is 5.60 Å². The van der Waals surface area contributed by atoms with Crippen molar-refractivity contribution in [1.29, 1.82) is 0 Å². The molecule has 0 amide bonds. The van der Waals surface area contributed by atoms with Gasteiger partial charge in [-0.3, -0.25) is 0 Å². The van der Waals surface area contributed by atoms with Crippen LogP contribution in [-0.2, 0) is 4.74 Å². The predicted molar refractivity (Wildman–Crippen MR) is 83.9 cm³/mol.